The molecule has 2 saturated heterocycles. The Kier molecular flexibility index (Phi) is 15.4. The number of carboxylic acids is 1. The van der Waals surface area contributed by atoms with Gasteiger partial charge in [-0.3, -0.25) is 24.0 Å². The van der Waals surface area contributed by atoms with Gasteiger partial charge in [0.25, 0.3) is 23.5 Å². The Morgan fingerprint density at radius 3 is 1.62 bits per heavy atom. The number of carbonyl (C=O) groups excluding carboxylic acids is 6. The molecule has 292 valence electrons. The summed E-state index contributed by atoms with van der Waals surface area (Å²) in [4.78, 5) is 90.6. The van der Waals surface area contributed by atoms with Gasteiger partial charge in [0, 0.05) is 98.0 Å². The summed E-state index contributed by atoms with van der Waals surface area (Å²) in [5, 5.41) is 14.8. The first-order chi connectivity index (χ1) is 27.5. The van der Waals surface area contributed by atoms with Gasteiger partial charge in [0.2, 0.25) is 5.78 Å². The van der Waals surface area contributed by atoms with Crippen LogP contribution >= 0.6 is 0 Å². The molecular weight excluding hydrogens is 768 g/mol. The second-order valence-electron chi connectivity index (χ2n) is 13.6. The molecule has 3 amide bonds. The molecule has 2 atom stereocenters. The minimum atomic E-state index is -1.71. The molecule has 0 bridgehead atoms. The fourth-order valence-electron chi connectivity index (χ4n) is 6.73. The molecular formula is C42H41KN8O7. The number of hydrogen-bond acceptors (Lipinski definition) is 10. The van der Waals surface area contributed by atoms with Crippen molar-refractivity contribution in [1.29, 1.82) is 0 Å². The molecule has 58 heavy (non-hydrogen) atoms. The molecule has 0 saturated carbocycles. The quantitative estimate of drug-likeness (QED) is 0.114. The van der Waals surface area contributed by atoms with Crippen molar-refractivity contribution < 1.29 is 85.3 Å². The van der Waals surface area contributed by atoms with Crippen molar-refractivity contribution in [2.75, 3.05) is 39.3 Å². The van der Waals surface area contributed by atoms with Gasteiger partial charge < -0.3 is 39.9 Å². The van der Waals surface area contributed by atoms with Crippen molar-refractivity contribution >= 4 is 57.3 Å². The molecule has 6 heterocycles. The van der Waals surface area contributed by atoms with Gasteiger partial charge in [-0.25, -0.2) is 9.97 Å². The Morgan fingerprint density at radius 1 is 0.638 bits per heavy atom. The Bertz CT molecular complexity index is 2400. The number of Topliss-reactive ketones (excluding diaryl/α,β-unsaturated/α-hetero) is 2. The van der Waals surface area contributed by atoms with E-state index in [2.05, 4.69) is 32.2 Å². The van der Waals surface area contributed by atoms with Crippen LogP contribution in [0.15, 0.2) is 110 Å². The monoisotopic (exact) mass is 808 g/mol. The number of benzene rings is 2. The maximum Gasteiger partial charge on any atom is 1.00 e. The number of nitrogens with one attached hydrogen (secondary N) is 3. The van der Waals surface area contributed by atoms with Crippen LogP contribution < -0.4 is 61.8 Å². The number of H-pyrrole nitrogens is 2. The second kappa shape index (κ2) is 20.4. The zero-order chi connectivity index (χ0) is 40.5. The first-order valence-electron chi connectivity index (χ1n) is 18.4. The van der Waals surface area contributed by atoms with E-state index in [1.807, 2.05) is 60.4 Å². The number of piperazine rings is 2. The van der Waals surface area contributed by atoms with E-state index in [0.717, 1.165) is 25.2 Å². The van der Waals surface area contributed by atoms with E-state index in [-0.39, 0.29) is 74.8 Å². The summed E-state index contributed by atoms with van der Waals surface area (Å²) in [6, 6.07) is 25.4. The van der Waals surface area contributed by atoms with Crippen LogP contribution in [0.3, 0.4) is 0 Å². The van der Waals surface area contributed by atoms with Gasteiger partial charge in [0.1, 0.15) is 17.3 Å². The van der Waals surface area contributed by atoms with E-state index < -0.39 is 23.4 Å². The SMILES string of the molecule is C[C@@H]1CN(C(=O)c2ccccc2)CCN1.C[C@@H]1CN(C(=O)c2ccccc2)CCN1C(=O)C(=O)c1c[nH]c2ncccc12.O=C([O-])C(=O)c1c[nH]c2ncccc12.[K+]. The van der Waals surface area contributed by atoms with Crippen LogP contribution in [0.4, 0.5) is 0 Å². The Morgan fingerprint density at radius 2 is 1.14 bits per heavy atom. The smallest absolute Gasteiger partial charge is 0.541 e. The summed E-state index contributed by atoms with van der Waals surface area (Å²) >= 11 is 0. The van der Waals surface area contributed by atoms with Gasteiger partial charge in [-0.05, 0) is 62.4 Å². The third kappa shape index (κ3) is 10.4. The van der Waals surface area contributed by atoms with Crippen LogP contribution in [0.25, 0.3) is 22.1 Å². The number of rotatable bonds is 6. The van der Waals surface area contributed by atoms with Crippen molar-refractivity contribution in [3.8, 4) is 0 Å². The van der Waals surface area contributed by atoms with E-state index in [1.54, 1.807) is 58.6 Å². The summed E-state index contributed by atoms with van der Waals surface area (Å²) in [7, 11) is 0. The predicted octanol–water partition coefficient (Wildman–Crippen LogP) is -0.261. The third-order valence-electron chi connectivity index (χ3n) is 9.64. The van der Waals surface area contributed by atoms with Crippen molar-refractivity contribution in [2.45, 2.75) is 25.9 Å². The molecule has 2 aliphatic rings. The molecule has 2 fully saturated rings. The van der Waals surface area contributed by atoms with Gasteiger partial charge in [-0.1, -0.05) is 36.4 Å². The average molecular weight is 809 g/mol. The number of aromatic nitrogens is 4. The van der Waals surface area contributed by atoms with E-state index in [0.29, 0.717) is 58.9 Å². The Labute approximate surface area is 376 Å². The minimum Gasteiger partial charge on any atom is -0.541 e. The van der Waals surface area contributed by atoms with Crippen LogP contribution in [0.2, 0.25) is 0 Å². The Hall–Kier alpha value is -5.36. The third-order valence-corrected chi connectivity index (χ3v) is 9.64. The van der Waals surface area contributed by atoms with Crippen molar-refractivity contribution in [3.63, 3.8) is 0 Å². The summed E-state index contributed by atoms with van der Waals surface area (Å²) < 4.78 is 0. The van der Waals surface area contributed by atoms with Crippen LogP contribution in [0, 0.1) is 0 Å². The number of pyridine rings is 2. The largest absolute Gasteiger partial charge is 1.00 e. The zero-order valence-corrected chi connectivity index (χ0v) is 35.5. The first-order valence-corrected chi connectivity index (χ1v) is 18.4. The minimum absolute atomic E-state index is 0. The fourth-order valence-corrected chi connectivity index (χ4v) is 6.73. The number of aliphatic carboxylic acids is 1. The molecule has 2 aromatic carbocycles. The number of carboxylic acid groups (broad SMARTS) is 1. The molecule has 4 aromatic heterocycles. The number of amides is 3. The van der Waals surface area contributed by atoms with Crippen molar-refractivity contribution in [1.82, 2.24) is 40.0 Å². The molecule has 0 radical (unpaired) electrons. The molecule has 0 spiro atoms. The van der Waals surface area contributed by atoms with Crippen molar-refractivity contribution in [2.24, 2.45) is 0 Å². The average Bonchev–Trinajstić information content (AvgIpc) is 3.88. The van der Waals surface area contributed by atoms with E-state index in [4.69, 9.17) is 0 Å². The predicted molar refractivity (Wildman–Crippen MR) is 209 cm³/mol. The number of carbonyl (C=O) groups is 6. The van der Waals surface area contributed by atoms with Gasteiger partial charge >= 0.3 is 51.4 Å². The van der Waals surface area contributed by atoms with E-state index in [9.17, 15) is 33.9 Å². The first kappa shape index (κ1) is 43.8. The summed E-state index contributed by atoms with van der Waals surface area (Å²) in [6.45, 7) is 7.56. The van der Waals surface area contributed by atoms with Crippen molar-refractivity contribution in [3.05, 3.63) is 132 Å². The molecule has 0 aliphatic carbocycles. The van der Waals surface area contributed by atoms with Crippen LogP contribution in [0.5, 0.6) is 0 Å². The fraction of sp³-hybridized carbons (Fsp3) is 0.238. The molecule has 2 aliphatic heterocycles. The van der Waals surface area contributed by atoms with E-state index in [1.165, 1.54) is 12.4 Å². The van der Waals surface area contributed by atoms with Gasteiger partial charge in [-0.2, -0.15) is 0 Å². The summed E-state index contributed by atoms with van der Waals surface area (Å²) in [5.41, 5.74) is 2.86. The molecule has 8 rings (SSSR count). The molecule has 15 nitrogen and oxygen atoms in total. The maximum absolute atomic E-state index is 12.8. The van der Waals surface area contributed by atoms with Crippen LogP contribution in [-0.4, -0.2) is 121 Å². The molecule has 0 unspecified atom stereocenters. The maximum atomic E-state index is 12.8. The van der Waals surface area contributed by atoms with Gasteiger partial charge in [-0.15, -0.1) is 0 Å². The van der Waals surface area contributed by atoms with Gasteiger partial charge in [0.15, 0.2) is 0 Å². The van der Waals surface area contributed by atoms with Crippen LogP contribution in [-0.2, 0) is 9.59 Å². The number of ketones is 2. The second-order valence-corrected chi connectivity index (χ2v) is 13.6. The molecule has 6 aromatic rings. The summed E-state index contributed by atoms with van der Waals surface area (Å²) in [6.07, 6.45) is 6.01. The molecule has 3 N–H and O–H groups in total. The summed E-state index contributed by atoms with van der Waals surface area (Å²) in [5.74, 6) is -3.78. The number of fused-ring (bicyclic) bond motifs is 2. The van der Waals surface area contributed by atoms with Gasteiger partial charge in [0.05, 0.1) is 11.1 Å². The number of aromatic amines is 2. The topological polar surface area (TPSA) is 205 Å². The molecule has 16 heteroatoms. The van der Waals surface area contributed by atoms with E-state index >= 15 is 0 Å². The zero-order valence-electron chi connectivity index (χ0n) is 32.4. The Balaban J connectivity index is 0.000000180. The normalized spacial score (nSPS) is 16.2. The number of nitrogens with zero attached hydrogens (tertiary/aromatic N) is 5. The van der Waals surface area contributed by atoms with Crippen LogP contribution in [0.1, 0.15) is 55.3 Å². The number of hydrogen-bond donors (Lipinski definition) is 3. The standard InChI is InChI=1S/C21H20N4O3.C12H16N2O.C9H6N2O3.K/c1-14-13-24(20(27)15-6-3-2-4-7-15)10-11-25(14)21(28)18(26)17-12-23-19-16(17)8-5-9-22-19;1-10-9-14(8-7-13-10)12(15)11-5-3-2-4-6-11;12-7(9(13)14)6-4-11-8-5(6)2-1-3-10-8;/h2-9,12,14H,10-11,13H2,1H3,(H,22,23);2-6,10,13H,7-9H2,1H3;1-4H,(H,10,11)(H,13,14);/q;;;+1/p-1/t14-;10-;;/m11../s1.